The van der Waals surface area contributed by atoms with Gasteiger partial charge in [0.05, 0.1) is 6.10 Å². The molecule has 0 aromatic heterocycles. The molecule has 2 nitrogen and oxygen atoms in total. The van der Waals surface area contributed by atoms with Crippen LogP contribution in [0.15, 0.2) is 30.3 Å². The van der Waals surface area contributed by atoms with Crippen LogP contribution in [-0.4, -0.2) is 41.1 Å². The number of aliphatic hydroxyl groups is 1. The standard InChI is InChI=1S/C12H17NOS/c14-12(11-4-2-1-3-5-11)10-13-6-8-15-9-7-13/h1-5,12,14H,6-10H2. The van der Waals surface area contributed by atoms with Gasteiger partial charge in [0.1, 0.15) is 0 Å². The van der Waals surface area contributed by atoms with Gasteiger partial charge in [-0.2, -0.15) is 11.8 Å². The first kappa shape index (κ1) is 11.0. The largest absolute Gasteiger partial charge is 0.387 e. The topological polar surface area (TPSA) is 23.5 Å². The van der Waals surface area contributed by atoms with Gasteiger partial charge in [0.15, 0.2) is 0 Å². The van der Waals surface area contributed by atoms with Crippen molar-refractivity contribution in [3.8, 4) is 0 Å². The molecular formula is C12H17NOS. The molecular weight excluding hydrogens is 206 g/mol. The summed E-state index contributed by atoms with van der Waals surface area (Å²) in [6.07, 6.45) is -0.339. The molecule has 82 valence electrons. The number of aliphatic hydroxyl groups excluding tert-OH is 1. The molecule has 1 aliphatic heterocycles. The van der Waals surface area contributed by atoms with Crippen molar-refractivity contribution < 1.29 is 5.11 Å². The van der Waals surface area contributed by atoms with Gasteiger partial charge in [-0.15, -0.1) is 0 Å². The zero-order valence-electron chi connectivity index (χ0n) is 8.80. The van der Waals surface area contributed by atoms with Gasteiger partial charge in [-0.05, 0) is 5.56 Å². The van der Waals surface area contributed by atoms with Gasteiger partial charge in [0.2, 0.25) is 0 Å². The molecule has 1 saturated heterocycles. The maximum absolute atomic E-state index is 10.0. The van der Waals surface area contributed by atoms with E-state index in [0.717, 1.165) is 25.2 Å². The lowest BCUT2D eigenvalue weighted by atomic mass is 10.1. The van der Waals surface area contributed by atoms with Crippen LogP contribution in [-0.2, 0) is 0 Å². The molecule has 0 saturated carbocycles. The SMILES string of the molecule is OC(CN1CCSCC1)c1ccccc1. The van der Waals surface area contributed by atoms with Gasteiger partial charge < -0.3 is 5.11 Å². The second kappa shape index (κ2) is 5.54. The Morgan fingerprint density at radius 2 is 1.87 bits per heavy atom. The van der Waals surface area contributed by atoms with Gasteiger partial charge in [-0.25, -0.2) is 0 Å². The highest BCUT2D eigenvalue weighted by Gasteiger charge is 2.15. The number of rotatable bonds is 3. The first-order valence-electron chi connectivity index (χ1n) is 5.39. The number of benzene rings is 1. The Morgan fingerprint density at radius 3 is 2.53 bits per heavy atom. The molecule has 0 radical (unpaired) electrons. The molecule has 1 heterocycles. The number of nitrogens with zero attached hydrogens (tertiary/aromatic N) is 1. The van der Waals surface area contributed by atoms with Crippen LogP contribution < -0.4 is 0 Å². The molecule has 1 aromatic rings. The van der Waals surface area contributed by atoms with Crippen LogP contribution in [0.3, 0.4) is 0 Å². The van der Waals surface area contributed by atoms with Crippen LogP contribution in [0.25, 0.3) is 0 Å². The van der Waals surface area contributed by atoms with E-state index in [4.69, 9.17) is 0 Å². The summed E-state index contributed by atoms with van der Waals surface area (Å²) in [7, 11) is 0. The van der Waals surface area contributed by atoms with Gasteiger partial charge in [-0.1, -0.05) is 30.3 Å². The summed E-state index contributed by atoms with van der Waals surface area (Å²) in [5.41, 5.74) is 1.02. The average molecular weight is 223 g/mol. The van der Waals surface area contributed by atoms with E-state index in [1.165, 1.54) is 11.5 Å². The second-order valence-corrected chi connectivity index (χ2v) is 5.06. The third-order valence-electron chi connectivity index (χ3n) is 2.72. The molecule has 3 heteroatoms. The van der Waals surface area contributed by atoms with Crippen LogP contribution >= 0.6 is 11.8 Å². The van der Waals surface area contributed by atoms with Gasteiger partial charge in [0, 0.05) is 31.1 Å². The molecule has 0 spiro atoms. The van der Waals surface area contributed by atoms with E-state index in [0.29, 0.717) is 0 Å². The zero-order valence-corrected chi connectivity index (χ0v) is 9.62. The third-order valence-corrected chi connectivity index (χ3v) is 3.66. The Labute approximate surface area is 95.3 Å². The van der Waals surface area contributed by atoms with E-state index in [2.05, 4.69) is 4.90 Å². The van der Waals surface area contributed by atoms with Crippen LogP contribution in [0.4, 0.5) is 0 Å². The van der Waals surface area contributed by atoms with E-state index in [9.17, 15) is 5.11 Å². The maximum atomic E-state index is 10.0. The van der Waals surface area contributed by atoms with Gasteiger partial charge in [0.25, 0.3) is 0 Å². The summed E-state index contributed by atoms with van der Waals surface area (Å²) in [6, 6.07) is 9.91. The highest BCUT2D eigenvalue weighted by molar-refractivity contribution is 7.99. The Balaban J connectivity index is 1.88. The van der Waals surface area contributed by atoms with Crippen molar-refractivity contribution in [2.24, 2.45) is 0 Å². The Kier molecular flexibility index (Phi) is 4.06. The maximum Gasteiger partial charge on any atom is 0.0916 e. The smallest absolute Gasteiger partial charge is 0.0916 e. The Hall–Kier alpha value is -0.510. The van der Waals surface area contributed by atoms with Crippen molar-refractivity contribution in [2.45, 2.75) is 6.10 Å². The fourth-order valence-electron chi connectivity index (χ4n) is 1.81. The van der Waals surface area contributed by atoms with Crippen molar-refractivity contribution >= 4 is 11.8 Å². The minimum absolute atomic E-state index is 0.339. The fourth-order valence-corrected chi connectivity index (χ4v) is 2.79. The first-order chi connectivity index (χ1) is 7.36. The third kappa shape index (κ3) is 3.23. The lowest BCUT2D eigenvalue weighted by Crippen LogP contribution is -2.35. The zero-order chi connectivity index (χ0) is 10.5. The van der Waals surface area contributed by atoms with Crippen molar-refractivity contribution in [2.75, 3.05) is 31.1 Å². The fraction of sp³-hybridized carbons (Fsp3) is 0.500. The van der Waals surface area contributed by atoms with Crippen LogP contribution in [0.1, 0.15) is 11.7 Å². The quantitative estimate of drug-likeness (QED) is 0.845. The first-order valence-corrected chi connectivity index (χ1v) is 6.55. The average Bonchev–Trinajstić information content (AvgIpc) is 2.31. The molecule has 15 heavy (non-hydrogen) atoms. The second-order valence-electron chi connectivity index (χ2n) is 3.84. The number of hydrogen-bond donors (Lipinski definition) is 1. The monoisotopic (exact) mass is 223 g/mol. The van der Waals surface area contributed by atoms with E-state index >= 15 is 0 Å². The predicted molar refractivity (Wildman–Crippen MR) is 65.2 cm³/mol. The molecule has 1 aromatic carbocycles. The van der Waals surface area contributed by atoms with E-state index in [1.807, 2.05) is 42.1 Å². The summed E-state index contributed by atoms with van der Waals surface area (Å²) in [4.78, 5) is 2.34. The number of thioether (sulfide) groups is 1. The van der Waals surface area contributed by atoms with Crippen molar-refractivity contribution in [3.63, 3.8) is 0 Å². The normalized spacial score (nSPS) is 20.1. The van der Waals surface area contributed by atoms with Gasteiger partial charge >= 0.3 is 0 Å². The molecule has 1 N–H and O–H groups in total. The van der Waals surface area contributed by atoms with Crippen LogP contribution in [0.2, 0.25) is 0 Å². The van der Waals surface area contributed by atoms with Crippen molar-refractivity contribution in [1.29, 1.82) is 0 Å². The van der Waals surface area contributed by atoms with E-state index < -0.39 is 0 Å². The predicted octanol–water partition coefficient (Wildman–Crippen LogP) is 1.77. The van der Waals surface area contributed by atoms with Gasteiger partial charge in [-0.3, -0.25) is 4.90 Å². The summed E-state index contributed by atoms with van der Waals surface area (Å²) < 4.78 is 0. The lowest BCUT2D eigenvalue weighted by Gasteiger charge is -2.28. The Bertz CT molecular complexity index is 285. The summed E-state index contributed by atoms with van der Waals surface area (Å²) >= 11 is 2.00. The lowest BCUT2D eigenvalue weighted by molar-refractivity contribution is 0.119. The van der Waals surface area contributed by atoms with Crippen LogP contribution in [0, 0.1) is 0 Å². The summed E-state index contributed by atoms with van der Waals surface area (Å²) in [5, 5.41) is 10.0. The van der Waals surface area contributed by atoms with E-state index in [1.54, 1.807) is 0 Å². The highest BCUT2D eigenvalue weighted by Crippen LogP contribution is 2.16. The number of hydrogen-bond acceptors (Lipinski definition) is 3. The minimum atomic E-state index is -0.339. The molecule has 0 bridgehead atoms. The molecule has 1 atom stereocenters. The molecule has 1 aliphatic rings. The highest BCUT2D eigenvalue weighted by atomic mass is 32.2. The van der Waals surface area contributed by atoms with Crippen molar-refractivity contribution in [3.05, 3.63) is 35.9 Å². The van der Waals surface area contributed by atoms with Crippen molar-refractivity contribution in [1.82, 2.24) is 4.90 Å². The number of β-amino-alcohol motifs (C(OH)–C–C–N with tert-alkyl or cyclic N) is 1. The Morgan fingerprint density at radius 1 is 1.20 bits per heavy atom. The molecule has 1 fully saturated rings. The van der Waals surface area contributed by atoms with E-state index in [-0.39, 0.29) is 6.10 Å². The summed E-state index contributed by atoms with van der Waals surface area (Å²) in [5.74, 6) is 2.39. The molecule has 1 unspecified atom stereocenters. The molecule has 0 aliphatic carbocycles. The molecule has 2 rings (SSSR count). The summed E-state index contributed by atoms with van der Waals surface area (Å²) in [6.45, 7) is 2.98. The minimum Gasteiger partial charge on any atom is -0.387 e. The van der Waals surface area contributed by atoms with Crippen LogP contribution in [0.5, 0.6) is 0 Å². The molecule has 0 amide bonds.